The van der Waals surface area contributed by atoms with Crippen molar-refractivity contribution in [2.24, 2.45) is 0 Å². The molecule has 0 saturated heterocycles. The predicted molar refractivity (Wildman–Crippen MR) is 87.2 cm³/mol. The molecule has 0 radical (unpaired) electrons. The van der Waals surface area contributed by atoms with Crippen LogP contribution in [0.25, 0.3) is 0 Å². The molecule has 7 heteroatoms. The van der Waals surface area contributed by atoms with Crippen LogP contribution in [0.2, 0.25) is 0 Å². The molecule has 1 aromatic carbocycles. The molecule has 1 heterocycles. The second-order valence-corrected chi connectivity index (χ2v) is 5.73. The third-order valence-electron chi connectivity index (χ3n) is 2.79. The summed E-state index contributed by atoms with van der Waals surface area (Å²) in [5.41, 5.74) is 0.761. The molecule has 6 nitrogen and oxygen atoms in total. The van der Waals surface area contributed by atoms with E-state index in [0.29, 0.717) is 12.2 Å². The monoisotopic (exact) mass is 332 g/mol. The molecule has 23 heavy (non-hydrogen) atoms. The molecule has 0 aliphatic carbocycles. The maximum atomic E-state index is 11.9. The molecule has 0 atom stereocenters. The van der Waals surface area contributed by atoms with Gasteiger partial charge in [0, 0.05) is 17.5 Å². The van der Waals surface area contributed by atoms with Gasteiger partial charge in [-0.3, -0.25) is 9.59 Å². The van der Waals surface area contributed by atoms with E-state index in [1.54, 1.807) is 18.2 Å². The Labute approximate surface area is 137 Å². The first-order valence-electron chi connectivity index (χ1n) is 6.88. The minimum absolute atomic E-state index is 0.233. The van der Waals surface area contributed by atoms with Gasteiger partial charge in [0.05, 0.1) is 12.1 Å². The number of carbonyl (C=O) groups excluding carboxylic acids is 3. The number of thiophene rings is 1. The normalized spacial score (nSPS) is 9.96. The SMILES string of the molecule is CC(=O)Nc1cccc(C(=O)OCC(=O)NCc2cccs2)c1. The van der Waals surface area contributed by atoms with Crippen molar-refractivity contribution in [2.75, 3.05) is 11.9 Å². The van der Waals surface area contributed by atoms with Crippen LogP contribution in [-0.4, -0.2) is 24.4 Å². The minimum Gasteiger partial charge on any atom is -0.452 e. The Morgan fingerprint density at radius 1 is 1.17 bits per heavy atom. The highest BCUT2D eigenvalue weighted by Gasteiger charge is 2.11. The molecule has 0 aliphatic rings. The summed E-state index contributed by atoms with van der Waals surface area (Å²) in [7, 11) is 0. The van der Waals surface area contributed by atoms with E-state index in [1.165, 1.54) is 24.3 Å². The molecule has 0 fully saturated rings. The summed E-state index contributed by atoms with van der Waals surface area (Å²) in [6.07, 6.45) is 0. The molecule has 120 valence electrons. The van der Waals surface area contributed by atoms with E-state index in [4.69, 9.17) is 4.74 Å². The zero-order valence-corrected chi connectivity index (χ0v) is 13.3. The topological polar surface area (TPSA) is 84.5 Å². The zero-order chi connectivity index (χ0) is 16.7. The highest BCUT2D eigenvalue weighted by molar-refractivity contribution is 7.09. The standard InChI is InChI=1S/C16H16N2O4S/c1-11(19)18-13-5-2-4-12(8-13)16(21)22-10-15(20)17-9-14-6-3-7-23-14/h2-8H,9-10H2,1H3,(H,17,20)(H,18,19). The van der Waals surface area contributed by atoms with Crippen LogP contribution < -0.4 is 10.6 Å². The molecule has 0 spiro atoms. The lowest BCUT2D eigenvalue weighted by Crippen LogP contribution is -2.28. The Kier molecular flexibility index (Phi) is 5.87. The Hall–Kier alpha value is -2.67. The van der Waals surface area contributed by atoms with Gasteiger partial charge in [0.2, 0.25) is 5.91 Å². The van der Waals surface area contributed by atoms with Gasteiger partial charge in [-0.05, 0) is 29.6 Å². The van der Waals surface area contributed by atoms with Gasteiger partial charge in [-0.2, -0.15) is 0 Å². The molecular weight excluding hydrogens is 316 g/mol. The summed E-state index contributed by atoms with van der Waals surface area (Å²) in [6, 6.07) is 10.1. The average molecular weight is 332 g/mol. The summed E-state index contributed by atoms with van der Waals surface area (Å²) in [4.78, 5) is 35.6. The average Bonchev–Trinajstić information content (AvgIpc) is 3.03. The van der Waals surface area contributed by atoms with Crippen molar-refractivity contribution in [3.05, 3.63) is 52.2 Å². The lowest BCUT2D eigenvalue weighted by molar-refractivity contribution is -0.124. The van der Waals surface area contributed by atoms with E-state index >= 15 is 0 Å². The predicted octanol–water partition coefficient (Wildman–Crippen LogP) is 2.18. The van der Waals surface area contributed by atoms with Gasteiger partial charge in [0.15, 0.2) is 6.61 Å². The van der Waals surface area contributed by atoms with Gasteiger partial charge < -0.3 is 15.4 Å². The molecule has 1 aromatic heterocycles. The van der Waals surface area contributed by atoms with Crippen LogP contribution in [-0.2, 0) is 20.9 Å². The van der Waals surface area contributed by atoms with E-state index in [0.717, 1.165) is 4.88 Å². The van der Waals surface area contributed by atoms with Gasteiger partial charge in [-0.25, -0.2) is 4.79 Å². The number of ether oxygens (including phenoxy) is 1. The number of hydrogen-bond acceptors (Lipinski definition) is 5. The molecule has 0 saturated carbocycles. The number of carbonyl (C=O) groups is 3. The number of nitrogens with one attached hydrogen (secondary N) is 2. The van der Waals surface area contributed by atoms with Gasteiger partial charge in [0.1, 0.15) is 0 Å². The number of anilines is 1. The zero-order valence-electron chi connectivity index (χ0n) is 12.5. The van der Waals surface area contributed by atoms with Crippen molar-refractivity contribution in [2.45, 2.75) is 13.5 Å². The molecule has 0 unspecified atom stereocenters. The third kappa shape index (κ3) is 5.55. The minimum atomic E-state index is -0.622. The Balaban J connectivity index is 1.82. The van der Waals surface area contributed by atoms with Gasteiger partial charge in [0.25, 0.3) is 5.91 Å². The number of rotatable bonds is 6. The van der Waals surface area contributed by atoms with Crippen molar-refractivity contribution in [3.8, 4) is 0 Å². The molecule has 2 aromatic rings. The molecule has 2 N–H and O–H groups in total. The fourth-order valence-electron chi connectivity index (χ4n) is 1.79. The smallest absolute Gasteiger partial charge is 0.338 e. The van der Waals surface area contributed by atoms with Crippen LogP contribution in [0.5, 0.6) is 0 Å². The van der Waals surface area contributed by atoms with Crippen molar-refractivity contribution in [1.29, 1.82) is 0 Å². The molecule has 2 amide bonds. The largest absolute Gasteiger partial charge is 0.452 e. The lowest BCUT2D eigenvalue weighted by atomic mass is 10.2. The first-order valence-corrected chi connectivity index (χ1v) is 7.76. The third-order valence-corrected chi connectivity index (χ3v) is 3.67. The lowest BCUT2D eigenvalue weighted by Gasteiger charge is -2.07. The number of amides is 2. The molecule has 0 aliphatic heterocycles. The van der Waals surface area contributed by atoms with Crippen molar-refractivity contribution >= 4 is 34.8 Å². The van der Waals surface area contributed by atoms with Crippen molar-refractivity contribution in [3.63, 3.8) is 0 Å². The van der Waals surface area contributed by atoms with E-state index in [-0.39, 0.29) is 24.0 Å². The van der Waals surface area contributed by atoms with E-state index in [1.807, 2.05) is 17.5 Å². The van der Waals surface area contributed by atoms with Crippen molar-refractivity contribution in [1.82, 2.24) is 5.32 Å². The second-order valence-electron chi connectivity index (χ2n) is 4.69. The van der Waals surface area contributed by atoms with E-state index < -0.39 is 5.97 Å². The van der Waals surface area contributed by atoms with Gasteiger partial charge in [-0.1, -0.05) is 12.1 Å². The van der Waals surface area contributed by atoms with Gasteiger partial charge >= 0.3 is 5.97 Å². The maximum absolute atomic E-state index is 11.9. The molecule has 0 bridgehead atoms. The number of esters is 1. The van der Waals surface area contributed by atoms with Crippen LogP contribution in [0.1, 0.15) is 22.2 Å². The van der Waals surface area contributed by atoms with Gasteiger partial charge in [-0.15, -0.1) is 11.3 Å². The Morgan fingerprint density at radius 2 is 2.00 bits per heavy atom. The number of hydrogen-bond donors (Lipinski definition) is 2. The van der Waals surface area contributed by atoms with Crippen LogP contribution in [0.4, 0.5) is 5.69 Å². The summed E-state index contributed by atoms with van der Waals surface area (Å²) in [5.74, 6) is -1.23. The van der Waals surface area contributed by atoms with E-state index in [9.17, 15) is 14.4 Å². The summed E-state index contributed by atoms with van der Waals surface area (Å²) in [6.45, 7) is 1.43. The van der Waals surface area contributed by atoms with E-state index in [2.05, 4.69) is 10.6 Å². The molecule has 2 rings (SSSR count). The van der Waals surface area contributed by atoms with Crippen LogP contribution in [0.3, 0.4) is 0 Å². The highest BCUT2D eigenvalue weighted by atomic mass is 32.1. The number of benzene rings is 1. The fourth-order valence-corrected chi connectivity index (χ4v) is 2.44. The van der Waals surface area contributed by atoms with Crippen LogP contribution in [0, 0.1) is 0 Å². The Morgan fingerprint density at radius 3 is 2.70 bits per heavy atom. The first kappa shape index (κ1) is 16.7. The highest BCUT2D eigenvalue weighted by Crippen LogP contribution is 2.11. The van der Waals surface area contributed by atoms with Crippen molar-refractivity contribution < 1.29 is 19.1 Å². The quantitative estimate of drug-likeness (QED) is 0.794. The van der Waals surface area contributed by atoms with Crippen LogP contribution >= 0.6 is 11.3 Å². The summed E-state index contributed by atoms with van der Waals surface area (Å²) < 4.78 is 4.96. The van der Waals surface area contributed by atoms with Crippen LogP contribution in [0.15, 0.2) is 41.8 Å². The molecular formula is C16H16N2O4S. The second kappa shape index (κ2) is 8.09. The summed E-state index contributed by atoms with van der Waals surface area (Å²) >= 11 is 1.54. The summed E-state index contributed by atoms with van der Waals surface area (Å²) in [5, 5.41) is 7.16. The Bertz CT molecular complexity index is 698. The fraction of sp³-hybridized carbons (Fsp3) is 0.188. The first-order chi connectivity index (χ1) is 11.0. The maximum Gasteiger partial charge on any atom is 0.338 e.